The lowest BCUT2D eigenvalue weighted by Crippen LogP contribution is -2.30. The van der Waals surface area contributed by atoms with E-state index < -0.39 is 10.7 Å². The second kappa shape index (κ2) is 8.46. The van der Waals surface area contributed by atoms with Crippen molar-refractivity contribution in [3.8, 4) is 11.3 Å². The number of benzene rings is 1. The minimum absolute atomic E-state index is 0.191. The Kier molecular flexibility index (Phi) is 5.58. The molecule has 3 aromatic rings. The second-order valence-corrected chi connectivity index (χ2v) is 6.97. The number of hydrogen-bond donors (Lipinski definition) is 0. The summed E-state index contributed by atoms with van der Waals surface area (Å²) in [5.74, 6) is 0.362. The summed E-state index contributed by atoms with van der Waals surface area (Å²) in [4.78, 5) is 21.4. The largest absolute Gasteiger partial charge is 0.456 e. The Labute approximate surface area is 176 Å². The predicted molar refractivity (Wildman–Crippen MR) is 111 cm³/mol. The van der Waals surface area contributed by atoms with Gasteiger partial charge in [0.15, 0.2) is 0 Å². The van der Waals surface area contributed by atoms with Crippen molar-refractivity contribution in [2.24, 2.45) is 4.99 Å². The number of nitrogens with zero attached hydrogens (tertiary/aromatic N) is 4. The molecule has 3 heterocycles. The standard InChI is InChI=1S/C21H16ClFN4O3/c22-20-8-5-14(12-25-20)13-26-10-9-24-21(26)18(27(28)29)11-15-6-7-19(30-15)16-3-1-2-4-17(16)23/h1-8,11-12H,9-10,13H2/b18-11+. The first-order chi connectivity index (χ1) is 14.5. The highest BCUT2D eigenvalue weighted by Crippen LogP contribution is 2.26. The fourth-order valence-corrected chi connectivity index (χ4v) is 3.28. The van der Waals surface area contributed by atoms with Crippen LogP contribution in [0, 0.1) is 15.9 Å². The molecule has 0 spiro atoms. The van der Waals surface area contributed by atoms with Crippen LogP contribution in [-0.2, 0) is 6.54 Å². The first-order valence-electron chi connectivity index (χ1n) is 9.12. The highest BCUT2D eigenvalue weighted by molar-refractivity contribution is 6.29. The van der Waals surface area contributed by atoms with Gasteiger partial charge in [-0.2, -0.15) is 0 Å². The molecule has 0 saturated heterocycles. The molecule has 0 fully saturated rings. The van der Waals surface area contributed by atoms with Crippen LogP contribution >= 0.6 is 11.6 Å². The Morgan fingerprint density at radius 3 is 2.83 bits per heavy atom. The van der Waals surface area contributed by atoms with Gasteiger partial charge in [0.25, 0.3) is 0 Å². The first kappa shape index (κ1) is 19.8. The Morgan fingerprint density at radius 2 is 2.10 bits per heavy atom. The van der Waals surface area contributed by atoms with Crippen LogP contribution in [0.4, 0.5) is 4.39 Å². The summed E-state index contributed by atoms with van der Waals surface area (Å²) in [5.41, 5.74) is 0.954. The summed E-state index contributed by atoms with van der Waals surface area (Å²) < 4.78 is 19.6. The highest BCUT2D eigenvalue weighted by atomic mass is 35.5. The van der Waals surface area contributed by atoms with Gasteiger partial charge in [0.05, 0.1) is 23.1 Å². The Morgan fingerprint density at radius 1 is 1.27 bits per heavy atom. The molecule has 4 rings (SSSR count). The molecule has 9 heteroatoms. The van der Waals surface area contributed by atoms with Gasteiger partial charge in [-0.1, -0.05) is 29.8 Å². The quantitative estimate of drug-likeness (QED) is 0.325. The molecule has 2 aromatic heterocycles. The Hall–Kier alpha value is -3.52. The van der Waals surface area contributed by atoms with Gasteiger partial charge >= 0.3 is 5.70 Å². The van der Waals surface area contributed by atoms with Gasteiger partial charge in [-0.05, 0) is 35.9 Å². The van der Waals surface area contributed by atoms with Crippen LogP contribution in [0.25, 0.3) is 17.4 Å². The lowest BCUT2D eigenvalue weighted by atomic mass is 10.1. The molecule has 0 aliphatic carbocycles. The van der Waals surface area contributed by atoms with Crippen LogP contribution in [-0.4, -0.2) is 33.7 Å². The molecule has 0 saturated carbocycles. The molecule has 0 radical (unpaired) electrons. The van der Waals surface area contributed by atoms with Crippen LogP contribution in [0.5, 0.6) is 0 Å². The van der Waals surface area contributed by atoms with E-state index in [1.807, 2.05) is 6.07 Å². The Balaban J connectivity index is 1.60. The van der Waals surface area contributed by atoms with Gasteiger partial charge in [-0.3, -0.25) is 15.1 Å². The zero-order valence-electron chi connectivity index (χ0n) is 15.7. The van der Waals surface area contributed by atoms with E-state index in [0.29, 0.717) is 30.5 Å². The zero-order valence-corrected chi connectivity index (χ0v) is 16.4. The van der Waals surface area contributed by atoms with E-state index in [-0.39, 0.29) is 22.9 Å². The van der Waals surface area contributed by atoms with Crippen LogP contribution in [0.3, 0.4) is 0 Å². The average Bonchev–Trinajstić information content (AvgIpc) is 3.37. The summed E-state index contributed by atoms with van der Waals surface area (Å²) in [6.45, 7) is 1.40. The third-order valence-electron chi connectivity index (χ3n) is 4.56. The monoisotopic (exact) mass is 426 g/mol. The number of pyridine rings is 1. The van der Waals surface area contributed by atoms with Crippen molar-refractivity contribution in [1.29, 1.82) is 0 Å². The molecule has 1 aliphatic heterocycles. The maximum Gasteiger partial charge on any atom is 0.314 e. The number of rotatable bonds is 6. The van der Waals surface area contributed by atoms with Gasteiger partial charge in [0, 0.05) is 19.3 Å². The van der Waals surface area contributed by atoms with E-state index in [4.69, 9.17) is 16.0 Å². The van der Waals surface area contributed by atoms with Crippen molar-refractivity contribution in [3.63, 3.8) is 0 Å². The second-order valence-electron chi connectivity index (χ2n) is 6.58. The smallest absolute Gasteiger partial charge is 0.314 e. The summed E-state index contributed by atoms with van der Waals surface area (Å²) in [5, 5.41) is 12.1. The lowest BCUT2D eigenvalue weighted by Gasteiger charge is -2.18. The molecule has 152 valence electrons. The van der Waals surface area contributed by atoms with E-state index in [1.54, 1.807) is 47.5 Å². The van der Waals surface area contributed by atoms with Crippen molar-refractivity contribution < 1.29 is 13.7 Å². The van der Waals surface area contributed by atoms with Crippen molar-refractivity contribution in [2.75, 3.05) is 13.1 Å². The molecular weight excluding hydrogens is 411 g/mol. The van der Waals surface area contributed by atoms with E-state index in [1.165, 1.54) is 12.1 Å². The maximum absolute atomic E-state index is 14.0. The van der Waals surface area contributed by atoms with E-state index in [2.05, 4.69) is 9.98 Å². The van der Waals surface area contributed by atoms with Crippen molar-refractivity contribution in [3.05, 3.63) is 92.8 Å². The molecule has 1 aliphatic rings. The SMILES string of the molecule is O=[N+]([O-])/C(=C/c1ccc(-c2ccccc2F)o1)C1=NCCN1Cc1ccc(Cl)nc1. The molecule has 1 aromatic carbocycles. The third-order valence-corrected chi connectivity index (χ3v) is 4.79. The van der Waals surface area contributed by atoms with Gasteiger partial charge in [-0.15, -0.1) is 0 Å². The molecule has 30 heavy (non-hydrogen) atoms. The first-order valence-corrected chi connectivity index (χ1v) is 9.50. The highest BCUT2D eigenvalue weighted by Gasteiger charge is 2.29. The lowest BCUT2D eigenvalue weighted by molar-refractivity contribution is -0.414. The number of aliphatic imine (C=N–C) groups is 1. The van der Waals surface area contributed by atoms with Crippen LogP contribution in [0.2, 0.25) is 5.15 Å². The fourth-order valence-electron chi connectivity index (χ4n) is 3.17. The van der Waals surface area contributed by atoms with E-state index in [9.17, 15) is 14.5 Å². The minimum atomic E-state index is -0.497. The predicted octanol–water partition coefficient (Wildman–Crippen LogP) is 4.67. The minimum Gasteiger partial charge on any atom is -0.456 e. The van der Waals surface area contributed by atoms with Gasteiger partial charge in [0.1, 0.15) is 22.5 Å². The fraction of sp³-hybridized carbons (Fsp3) is 0.143. The number of halogens is 2. The van der Waals surface area contributed by atoms with E-state index >= 15 is 0 Å². The number of aromatic nitrogens is 1. The van der Waals surface area contributed by atoms with Gasteiger partial charge in [0.2, 0.25) is 5.84 Å². The Bertz CT molecular complexity index is 1140. The van der Waals surface area contributed by atoms with Crippen molar-refractivity contribution in [2.45, 2.75) is 6.54 Å². The summed E-state index contributed by atoms with van der Waals surface area (Å²) >= 11 is 5.81. The number of hydrogen-bond acceptors (Lipinski definition) is 6. The van der Waals surface area contributed by atoms with Crippen LogP contribution < -0.4 is 0 Å². The molecule has 0 N–H and O–H groups in total. The average molecular weight is 427 g/mol. The van der Waals surface area contributed by atoms with Gasteiger partial charge in [-0.25, -0.2) is 9.37 Å². The van der Waals surface area contributed by atoms with Crippen LogP contribution in [0.1, 0.15) is 11.3 Å². The van der Waals surface area contributed by atoms with Gasteiger partial charge < -0.3 is 9.32 Å². The zero-order chi connectivity index (χ0) is 21.1. The normalized spacial score (nSPS) is 14.1. The van der Waals surface area contributed by atoms with Crippen LogP contribution in [0.15, 0.2) is 69.8 Å². The molecule has 0 atom stereocenters. The number of furan rings is 1. The third kappa shape index (κ3) is 4.23. The molecule has 0 unspecified atom stereocenters. The summed E-state index contributed by atoms with van der Waals surface area (Å²) in [6.07, 6.45) is 2.93. The molecule has 7 nitrogen and oxygen atoms in total. The maximum atomic E-state index is 14.0. The number of nitro groups is 1. The van der Waals surface area contributed by atoms with Crippen molar-refractivity contribution >= 4 is 23.5 Å². The topological polar surface area (TPSA) is 84.8 Å². The molecule has 0 bridgehead atoms. The van der Waals surface area contributed by atoms with E-state index in [0.717, 1.165) is 5.56 Å². The number of amidine groups is 1. The van der Waals surface area contributed by atoms with Crippen molar-refractivity contribution in [1.82, 2.24) is 9.88 Å². The summed E-state index contributed by atoms with van der Waals surface area (Å²) in [7, 11) is 0. The molecular formula is C21H16ClFN4O3. The summed E-state index contributed by atoms with van der Waals surface area (Å²) in [6, 6.07) is 12.8. The molecule has 0 amide bonds.